The first kappa shape index (κ1) is 36.3. The van der Waals surface area contributed by atoms with Crippen molar-refractivity contribution in [3.63, 3.8) is 0 Å². The van der Waals surface area contributed by atoms with Gasteiger partial charge in [-0.2, -0.15) is 21.6 Å². The number of alkyl halides is 3. The third kappa shape index (κ3) is 7.92. The number of aryl methyl sites for hydroxylation is 4. The van der Waals surface area contributed by atoms with Crippen LogP contribution in [0.5, 0.6) is 5.75 Å². The Morgan fingerprint density at radius 2 is 1.21 bits per heavy atom. The maximum atomic E-state index is 12.2. The molecule has 1 saturated heterocycles. The minimum absolute atomic E-state index is 0. The zero-order valence-corrected chi connectivity index (χ0v) is 22.8. The van der Waals surface area contributed by atoms with Crippen LogP contribution < -0.4 is 9.65 Å². The Bertz CT molecular complexity index is 1290. The molecule has 2 aromatic carbocycles. The number of carbonyl (C=O) groups is 2. The molecule has 0 radical (unpaired) electrons. The topological polar surface area (TPSA) is 96.0 Å². The lowest BCUT2D eigenvalue weighted by molar-refractivity contribution is -0.0500. The van der Waals surface area contributed by atoms with Crippen molar-refractivity contribution in [3.8, 4) is 5.75 Å². The molecule has 0 aromatic heterocycles. The third-order valence-electron chi connectivity index (χ3n) is 6.28. The van der Waals surface area contributed by atoms with Crippen LogP contribution in [-0.2, 0) is 19.4 Å². The molecular formula is C27H38BF3O7S. The first-order valence-corrected chi connectivity index (χ1v) is 12.7. The Morgan fingerprint density at radius 1 is 0.795 bits per heavy atom. The van der Waals surface area contributed by atoms with Gasteiger partial charge >= 0.3 is 22.7 Å². The highest BCUT2D eigenvalue weighted by molar-refractivity contribution is 7.88. The molecule has 0 N–H and O–H groups in total. The molecule has 2 aromatic rings. The quantitative estimate of drug-likeness (QED) is 0.186. The summed E-state index contributed by atoms with van der Waals surface area (Å²) in [5.41, 5.74) is -2.19. The lowest BCUT2D eigenvalue weighted by Gasteiger charge is -2.32. The zero-order valence-electron chi connectivity index (χ0n) is 21.9. The molecule has 0 bridgehead atoms. The molecule has 1 aliphatic rings. The molecular weight excluding hydrogens is 536 g/mol. The van der Waals surface area contributed by atoms with Crippen molar-refractivity contribution in [1.29, 1.82) is 0 Å². The summed E-state index contributed by atoms with van der Waals surface area (Å²) >= 11 is 0. The standard InChI is InChI=1S/C15H21BO3.C10H9F3O4S.2CH4/c1-10-7-11(2)12(9-17)13(8-10)16-18-14(3,4)15(5,6)19-16;1-6-3-7(2)8(5-14)9(4-6)17-18(15,16)10(11,12)13;;/h7-9H,1-6H3;3-5H,1-2H3;2*1H4. The second-order valence-corrected chi connectivity index (χ2v) is 11.4. The van der Waals surface area contributed by atoms with Crippen LogP contribution in [0.3, 0.4) is 0 Å². The largest absolute Gasteiger partial charge is 0.534 e. The normalized spacial score (nSPS) is 15.7. The van der Waals surface area contributed by atoms with E-state index in [1.165, 1.54) is 19.9 Å². The van der Waals surface area contributed by atoms with Crippen molar-refractivity contribution in [2.45, 2.75) is 87.0 Å². The van der Waals surface area contributed by atoms with Crippen molar-refractivity contribution in [2.24, 2.45) is 0 Å². The number of halogens is 3. The van der Waals surface area contributed by atoms with Gasteiger partial charge in [0.15, 0.2) is 12.0 Å². The van der Waals surface area contributed by atoms with Gasteiger partial charge in [0.2, 0.25) is 0 Å². The molecule has 7 nitrogen and oxygen atoms in total. The predicted molar refractivity (Wildman–Crippen MR) is 147 cm³/mol. The van der Waals surface area contributed by atoms with Gasteiger partial charge in [-0.3, -0.25) is 9.59 Å². The highest BCUT2D eigenvalue weighted by Gasteiger charge is 2.52. The van der Waals surface area contributed by atoms with Gasteiger partial charge in [0.25, 0.3) is 0 Å². The second-order valence-electron chi connectivity index (χ2n) is 9.89. The van der Waals surface area contributed by atoms with Crippen molar-refractivity contribution in [2.75, 3.05) is 0 Å². The summed E-state index contributed by atoms with van der Waals surface area (Å²) in [7, 11) is -6.26. The molecule has 1 heterocycles. The fraction of sp³-hybridized carbons (Fsp3) is 0.481. The van der Waals surface area contributed by atoms with Crippen LogP contribution >= 0.6 is 0 Å². The summed E-state index contributed by atoms with van der Waals surface area (Å²) in [6, 6.07) is 6.55. The van der Waals surface area contributed by atoms with E-state index in [1.54, 1.807) is 0 Å². The van der Waals surface area contributed by atoms with Gasteiger partial charge in [0, 0.05) is 5.56 Å². The number of hydrogen-bond acceptors (Lipinski definition) is 7. The lowest BCUT2D eigenvalue weighted by atomic mass is 9.74. The third-order valence-corrected chi connectivity index (χ3v) is 7.25. The van der Waals surface area contributed by atoms with E-state index in [0.29, 0.717) is 16.7 Å². The van der Waals surface area contributed by atoms with Gasteiger partial charge in [-0.05, 0) is 83.6 Å². The van der Waals surface area contributed by atoms with Crippen LogP contribution in [0.1, 0.15) is 85.5 Å². The molecule has 1 fully saturated rings. The summed E-state index contributed by atoms with van der Waals surface area (Å²) in [6.07, 6.45) is 1.13. The van der Waals surface area contributed by atoms with Crippen molar-refractivity contribution >= 4 is 35.3 Å². The summed E-state index contributed by atoms with van der Waals surface area (Å²) in [5, 5.41) is 0. The van der Waals surface area contributed by atoms with Gasteiger partial charge in [-0.15, -0.1) is 0 Å². The van der Waals surface area contributed by atoms with Crippen LogP contribution in [0.2, 0.25) is 0 Å². The van der Waals surface area contributed by atoms with Gasteiger partial charge in [-0.1, -0.05) is 38.6 Å². The molecule has 39 heavy (non-hydrogen) atoms. The van der Waals surface area contributed by atoms with Gasteiger partial charge in [-0.25, -0.2) is 0 Å². The molecule has 12 heteroatoms. The smallest absolute Gasteiger partial charge is 0.399 e. The summed E-state index contributed by atoms with van der Waals surface area (Å²) in [5.74, 6) is -0.625. The van der Waals surface area contributed by atoms with E-state index >= 15 is 0 Å². The SMILES string of the molecule is C.C.Cc1cc(C)c(C=O)c(B2OC(C)(C)C(C)(C)O2)c1.Cc1cc(C)c(C=O)c(OS(=O)(=O)C(F)(F)F)c1. The fourth-order valence-electron chi connectivity index (χ4n) is 3.66. The zero-order chi connectivity index (χ0) is 28.6. The summed E-state index contributed by atoms with van der Waals surface area (Å²) < 4.78 is 74.2. The van der Waals surface area contributed by atoms with Crippen LogP contribution in [0.25, 0.3) is 0 Å². The van der Waals surface area contributed by atoms with E-state index in [-0.39, 0.29) is 26.7 Å². The second kappa shape index (κ2) is 12.7. The number of rotatable bonds is 5. The minimum atomic E-state index is -5.78. The van der Waals surface area contributed by atoms with E-state index < -0.39 is 39.7 Å². The highest BCUT2D eigenvalue weighted by atomic mass is 32.2. The number of benzene rings is 2. The maximum Gasteiger partial charge on any atom is 0.534 e. The van der Waals surface area contributed by atoms with Gasteiger partial charge < -0.3 is 13.5 Å². The average molecular weight is 574 g/mol. The van der Waals surface area contributed by atoms with Crippen LogP contribution in [0.4, 0.5) is 13.2 Å². The van der Waals surface area contributed by atoms with Crippen LogP contribution in [0, 0.1) is 27.7 Å². The molecule has 0 spiro atoms. The predicted octanol–water partition coefficient (Wildman–Crippen LogP) is 6.03. The molecule has 0 amide bonds. The van der Waals surface area contributed by atoms with E-state index in [9.17, 15) is 31.2 Å². The Balaban J connectivity index is 0.000000706. The van der Waals surface area contributed by atoms with E-state index in [4.69, 9.17) is 9.31 Å². The lowest BCUT2D eigenvalue weighted by Crippen LogP contribution is -2.41. The minimum Gasteiger partial charge on any atom is -0.399 e. The molecule has 0 unspecified atom stereocenters. The average Bonchev–Trinajstić information content (AvgIpc) is 2.93. The van der Waals surface area contributed by atoms with Gasteiger partial charge in [0.1, 0.15) is 6.29 Å². The fourth-order valence-corrected chi connectivity index (χ4v) is 4.13. The van der Waals surface area contributed by atoms with Crippen LogP contribution in [-0.4, -0.2) is 44.8 Å². The Morgan fingerprint density at radius 3 is 1.62 bits per heavy atom. The molecule has 0 saturated carbocycles. The van der Waals surface area contributed by atoms with Crippen molar-refractivity contribution < 1.29 is 44.7 Å². The number of carbonyl (C=O) groups excluding carboxylic acids is 2. The van der Waals surface area contributed by atoms with E-state index in [1.807, 2.05) is 53.7 Å². The van der Waals surface area contributed by atoms with Gasteiger partial charge in [0.05, 0.1) is 16.8 Å². The van der Waals surface area contributed by atoms with E-state index in [0.717, 1.165) is 28.9 Å². The maximum absolute atomic E-state index is 12.2. The molecule has 1 aliphatic heterocycles. The Hall–Kier alpha value is -2.70. The number of aldehydes is 2. The first-order valence-electron chi connectivity index (χ1n) is 11.3. The Labute approximate surface area is 230 Å². The molecule has 3 rings (SSSR count). The summed E-state index contributed by atoms with van der Waals surface area (Å²) in [4.78, 5) is 22.1. The number of hydrogen-bond donors (Lipinski definition) is 0. The monoisotopic (exact) mass is 574 g/mol. The molecule has 0 atom stereocenters. The highest BCUT2D eigenvalue weighted by Crippen LogP contribution is 2.37. The van der Waals surface area contributed by atoms with Crippen molar-refractivity contribution in [3.05, 3.63) is 57.6 Å². The Kier molecular flexibility index (Phi) is 11.8. The van der Waals surface area contributed by atoms with E-state index in [2.05, 4.69) is 4.18 Å². The summed E-state index contributed by atoms with van der Waals surface area (Å²) in [6.45, 7) is 15.0. The van der Waals surface area contributed by atoms with Crippen molar-refractivity contribution in [1.82, 2.24) is 0 Å². The molecule has 0 aliphatic carbocycles. The van der Waals surface area contributed by atoms with Crippen LogP contribution in [0.15, 0.2) is 24.3 Å². The first-order chi connectivity index (χ1) is 16.8. The molecule has 218 valence electrons.